The number of methoxy groups -OCH3 is 1. The molecule has 0 spiro atoms. The first kappa shape index (κ1) is 24.0. The summed E-state index contributed by atoms with van der Waals surface area (Å²) in [4.78, 5) is 21.2. The summed E-state index contributed by atoms with van der Waals surface area (Å²) in [6, 6.07) is -1.01. The zero-order valence-corrected chi connectivity index (χ0v) is 20.2. The summed E-state index contributed by atoms with van der Waals surface area (Å²) < 4.78 is 7.28. The second-order valence-corrected chi connectivity index (χ2v) is 9.59. The maximum atomic E-state index is 10.7. The number of aliphatic hydroxyl groups is 3. The van der Waals surface area contributed by atoms with Gasteiger partial charge < -0.3 is 47.1 Å². The van der Waals surface area contributed by atoms with Crippen LogP contribution in [0.1, 0.15) is 36.1 Å². The van der Waals surface area contributed by atoms with Crippen LogP contribution in [0, 0.1) is 0 Å². The largest absolute Gasteiger partial charge is 0.395 e. The smallest absolute Gasteiger partial charge is 0.236 e. The second-order valence-electron chi connectivity index (χ2n) is 9.59. The van der Waals surface area contributed by atoms with Crippen molar-refractivity contribution >= 4 is 33.7 Å². The summed E-state index contributed by atoms with van der Waals surface area (Å²) in [5.74, 6) is 0.778. The standard InChI is InChI=1S/C23H30N10O4/c1-37-20-16(30-13(7-35)19(20)36)11-5-33(18-15(11)27-8-28-22(18)25)23-31-14-10(4-26-17(14)21(24)32-23)12-3-2-9(6-34)29-12/h4-5,8-9,12-13,16,19-20,26,29-30,34-36H,2-3,6-7H2,1H3,(H2,24,31,32)(H2,25,27,28)/t9-,12+,13+,16-,19+,20-/m0/s1. The molecule has 0 aromatic carbocycles. The predicted molar refractivity (Wildman–Crippen MR) is 135 cm³/mol. The minimum atomic E-state index is -0.926. The van der Waals surface area contributed by atoms with Gasteiger partial charge in [-0.15, -0.1) is 0 Å². The molecule has 0 bridgehead atoms. The fourth-order valence-corrected chi connectivity index (χ4v) is 5.66. The van der Waals surface area contributed by atoms with E-state index in [2.05, 4.69) is 30.6 Å². The van der Waals surface area contributed by atoms with Crippen LogP contribution < -0.4 is 22.1 Å². The molecule has 2 saturated heterocycles. The Bertz CT molecular complexity index is 1450. The molecule has 196 valence electrons. The summed E-state index contributed by atoms with van der Waals surface area (Å²) in [6.45, 7) is -0.186. The summed E-state index contributed by atoms with van der Waals surface area (Å²) >= 11 is 0. The highest BCUT2D eigenvalue weighted by atomic mass is 16.5. The van der Waals surface area contributed by atoms with E-state index in [-0.39, 0.29) is 42.9 Å². The molecule has 2 fully saturated rings. The molecule has 14 nitrogen and oxygen atoms in total. The minimum absolute atomic E-state index is 0.0143. The number of ether oxygens (including phenoxy) is 1. The highest BCUT2D eigenvalue weighted by molar-refractivity contribution is 5.91. The number of rotatable bonds is 6. The molecule has 0 aliphatic carbocycles. The molecule has 6 atom stereocenters. The first-order chi connectivity index (χ1) is 17.9. The van der Waals surface area contributed by atoms with Gasteiger partial charge in [-0.1, -0.05) is 0 Å². The van der Waals surface area contributed by atoms with Gasteiger partial charge >= 0.3 is 0 Å². The molecule has 4 aromatic rings. The van der Waals surface area contributed by atoms with Crippen LogP contribution in [0.25, 0.3) is 28.0 Å². The predicted octanol–water partition coefficient (Wildman–Crippen LogP) is -0.977. The number of hydrogen-bond acceptors (Lipinski definition) is 12. The van der Waals surface area contributed by atoms with Gasteiger partial charge in [-0.3, -0.25) is 4.57 Å². The Morgan fingerprint density at radius 1 is 1.05 bits per heavy atom. The summed E-state index contributed by atoms with van der Waals surface area (Å²) in [5, 5.41) is 36.6. The van der Waals surface area contributed by atoms with E-state index in [1.54, 1.807) is 10.8 Å². The van der Waals surface area contributed by atoms with Crippen LogP contribution in [0.2, 0.25) is 0 Å². The van der Waals surface area contributed by atoms with Crippen LogP contribution in [-0.2, 0) is 4.74 Å². The summed E-state index contributed by atoms with van der Waals surface area (Å²) in [7, 11) is 1.51. The van der Waals surface area contributed by atoms with Crippen molar-refractivity contribution < 1.29 is 20.1 Å². The molecule has 0 unspecified atom stereocenters. The maximum Gasteiger partial charge on any atom is 0.236 e. The van der Waals surface area contributed by atoms with Gasteiger partial charge in [-0.25, -0.2) is 15.0 Å². The molecule has 10 N–H and O–H groups in total. The average Bonchev–Trinajstić information content (AvgIpc) is 3.67. The van der Waals surface area contributed by atoms with Crippen LogP contribution in [0.15, 0.2) is 18.7 Å². The van der Waals surface area contributed by atoms with E-state index in [1.165, 1.54) is 13.4 Å². The molecule has 2 aliphatic rings. The van der Waals surface area contributed by atoms with E-state index in [4.69, 9.17) is 21.2 Å². The van der Waals surface area contributed by atoms with Crippen LogP contribution in [-0.4, -0.2) is 89.4 Å². The lowest BCUT2D eigenvalue weighted by Gasteiger charge is -2.19. The van der Waals surface area contributed by atoms with E-state index in [0.717, 1.165) is 18.4 Å². The number of aromatic nitrogens is 6. The molecular formula is C23H30N10O4. The molecular weight excluding hydrogens is 480 g/mol. The van der Waals surface area contributed by atoms with E-state index in [9.17, 15) is 15.3 Å². The highest BCUT2D eigenvalue weighted by Gasteiger charge is 2.44. The number of nitrogen functional groups attached to an aromatic ring is 2. The number of fused-ring (bicyclic) bond motifs is 2. The fraction of sp³-hybridized carbons (Fsp3) is 0.478. The number of nitrogens with one attached hydrogen (secondary N) is 3. The third-order valence-corrected chi connectivity index (χ3v) is 7.53. The van der Waals surface area contributed by atoms with Crippen molar-refractivity contribution in [2.24, 2.45) is 0 Å². The van der Waals surface area contributed by atoms with Gasteiger partial charge in [0.2, 0.25) is 5.95 Å². The molecule has 0 radical (unpaired) electrons. The highest BCUT2D eigenvalue weighted by Crippen LogP contribution is 2.37. The van der Waals surface area contributed by atoms with Gasteiger partial charge in [0, 0.05) is 42.7 Å². The van der Waals surface area contributed by atoms with Crippen molar-refractivity contribution in [1.29, 1.82) is 0 Å². The topological polar surface area (TPSA) is 218 Å². The number of nitrogens with zero attached hydrogens (tertiary/aromatic N) is 5. The number of aromatic amines is 1. The molecule has 2 aliphatic heterocycles. The van der Waals surface area contributed by atoms with E-state index < -0.39 is 24.3 Å². The third kappa shape index (κ3) is 3.72. The Balaban J connectivity index is 1.50. The first-order valence-electron chi connectivity index (χ1n) is 12.2. The Morgan fingerprint density at radius 3 is 2.62 bits per heavy atom. The molecule has 6 heterocycles. The molecule has 0 amide bonds. The molecule has 37 heavy (non-hydrogen) atoms. The summed E-state index contributed by atoms with van der Waals surface area (Å²) in [6.07, 6.45) is 5.18. The summed E-state index contributed by atoms with van der Waals surface area (Å²) in [5.41, 5.74) is 16.6. The van der Waals surface area contributed by atoms with Gasteiger partial charge in [-0.2, -0.15) is 4.98 Å². The zero-order chi connectivity index (χ0) is 25.8. The SMILES string of the molecule is CO[C@@H]1[C@H](O)[C@@H](CO)N[C@H]1c1cn(-c2nc(N)c3[nH]cc([C@H]4CC[C@@H](CO)N4)c3n2)c2c(N)ncnc12. The van der Waals surface area contributed by atoms with Gasteiger partial charge in [0.15, 0.2) is 11.6 Å². The van der Waals surface area contributed by atoms with Gasteiger partial charge in [-0.05, 0) is 12.8 Å². The lowest BCUT2D eigenvalue weighted by molar-refractivity contribution is -0.00944. The van der Waals surface area contributed by atoms with Gasteiger partial charge in [0.25, 0.3) is 0 Å². The van der Waals surface area contributed by atoms with Crippen LogP contribution in [0.4, 0.5) is 11.6 Å². The third-order valence-electron chi connectivity index (χ3n) is 7.53. The number of nitrogens with two attached hydrogens (primary N) is 2. The van der Waals surface area contributed by atoms with Crippen molar-refractivity contribution in [2.45, 2.75) is 49.2 Å². The van der Waals surface area contributed by atoms with Crippen LogP contribution >= 0.6 is 0 Å². The molecule has 0 saturated carbocycles. The fourth-order valence-electron chi connectivity index (χ4n) is 5.66. The minimum Gasteiger partial charge on any atom is -0.395 e. The normalized spacial score (nSPS) is 28.1. The van der Waals surface area contributed by atoms with Crippen molar-refractivity contribution in [1.82, 2.24) is 40.1 Å². The van der Waals surface area contributed by atoms with Crippen molar-refractivity contribution in [3.63, 3.8) is 0 Å². The van der Waals surface area contributed by atoms with Crippen LogP contribution in [0.3, 0.4) is 0 Å². The Morgan fingerprint density at radius 2 is 1.89 bits per heavy atom. The number of anilines is 2. The lowest BCUT2D eigenvalue weighted by atomic mass is 10.0. The molecule has 14 heteroatoms. The van der Waals surface area contributed by atoms with E-state index >= 15 is 0 Å². The average molecular weight is 511 g/mol. The lowest BCUT2D eigenvalue weighted by Crippen LogP contribution is -2.36. The number of H-pyrrole nitrogens is 1. The van der Waals surface area contributed by atoms with Gasteiger partial charge in [0.05, 0.1) is 36.9 Å². The Labute approximate surface area is 211 Å². The number of aliphatic hydroxyl groups excluding tert-OH is 3. The van der Waals surface area contributed by atoms with E-state index in [1.807, 2.05) is 6.20 Å². The van der Waals surface area contributed by atoms with E-state index in [0.29, 0.717) is 27.6 Å². The monoisotopic (exact) mass is 510 g/mol. The molecule has 6 rings (SSSR count). The van der Waals surface area contributed by atoms with Crippen LogP contribution in [0.5, 0.6) is 0 Å². The maximum absolute atomic E-state index is 10.7. The van der Waals surface area contributed by atoms with Gasteiger partial charge in [0.1, 0.15) is 29.0 Å². The Hall–Kier alpha value is -3.40. The second kappa shape index (κ2) is 9.16. The first-order valence-corrected chi connectivity index (χ1v) is 12.2. The van der Waals surface area contributed by atoms with Crippen molar-refractivity contribution in [2.75, 3.05) is 31.8 Å². The van der Waals surface area contributed by atoms with Crippen molar-refractivity contribution in [3.8, 4) is 5.95 Å². The van der Waals surface area contributed by atoms with Crippen molar-refractivity contribution in [3.05, 3.63) is 29.8 Å². The molecule has 4 aromatic heterocycles. The zero-order valence-electron chi connectivity index (χ0n) is 20.2. The number of hydrogen-bond donors (Lipinski definition) is 8. The quantitative estimate of drug-likeness (QED) is 0.157. The Kier molecular flexibility index (Phi) is 5.94.